The Balaban J connectivity index is 1.47. The van der Waals surface area contributed by atoms with E-state index in [1.165, 1.54) is 5.56 Å². The molecule has 32 heavy (non-hydrogen) atoms. The van der Waals surface area contributed by atoms with Gasteiger partial charge in [0.05, 0.1) is 22.3 Å². The number of aromatic nitrogens is 3. The molecule has 5 rings (SSSR count). The van der Waals surface area contributed by atoms with Gasteiger partial charge >= 0.3 is 0 Å². The zero-order chi connectivity index (χ0) is 22.1. The van der Waals surface area contributed by atoms with Gasteiger partial charge < -0.3 is 4.57 Å². The van der Waals surface area contributed by atoms with E-state index >= 15 is 0 Å². The number of benzene rings is 3. The van der Waals surface area contributed by atoms with Crippen molar-refractivity contribution in [2.24, 2.45) is 5.10 Å². The maximum Gasteiger partial charge on any atom is 0.260 e. The number of hydrogen-bond acceptors (Lipinski definition) is 4. The van der Waals surface area contributed by atoms with Crippen LogP contribution in [0.3, 0.4) is 0 Å². The maximum absolute atomic E-state index is 12.8. The molecule has 0 aliphatic heterocycles. The number of carbonyl (C=O) groups excluding carboxylic acids is 1. The van der Waals surface area contributed by atoms with Crippen LogP contribution in [0.1, 0.15) is 25.0 Å². The lowest BCUT2D eigenvalue weighted by atomic mass is 10.1. The standard InChI is InChI=1S/C26H23N5O/c1-3-18-12-14-19(15-13-18)17(2)29-30-24(32)16-31-23-11-7-4-8-20(23)25-26(31)28-22-10-6-5-9-21(22)27-25/h4-15H,3,16H2,1-2H3,(H,30,32)/b29-17-. The second-order valence-corrected chi connectivity index (χ2v) is 7.77. The number of carbonyl (C=O) groups is 1. The smallest absolute Gasteiger partial charge is 0.260 e. The summed E-state index contributed by atoms with van der Waals surface area (Å²) < 4.78 is 1.90. The van der Waals surface area contributed by atoms with Gasteiger partial charge in [0.25, 0.3) is 5.91 Å². The molecule has 0 unspecified atom stereocenters. The number of para-hydroxylation sites is 3. The molecule has 0 radical (unpaired) electrons. The summed E-state index contributed by atoms with van der Waals surface area (Å²) in [5, 5.41) is 5.28. The van der Waals surface area contributed by atoms with Crippen molar-refractivity contribution >= 4 is 44.7 Å². The third-order valence-electron chi connectivity index (χ3n) is 5.69. The van der Waals surface area contributed by atoms with Gasteiger partial charge in [0, 0.05) is 5.39 Å². The molecule has 0 aliphatic carbocycles. The molecular formula is C26H23N5O. The lowest BCUT2D eigenvalue weighted by Gasteiger charge is -2.07. The minimum atomic E-state index is -0.216. The molecule has 0 spiro atoms. The number of aryl methyl sites for hydroxylation is 1. The first-order valence-corrected chi connectivity index (χ1v) is 10.7. The van der Waals surface area contributed by atoms with Crippen LogP contribution in [0.4, 0.5) is 0 Å². The monoisotopic (exact) mass is 421 g/mol. The fourth-order valence-corrected chi connectivity index (χ4v) is 3.91. The highest BCUT2D eigenvalue weighted by molar-refractivity contribution is 6.07. The predicted octanol–water partition coefficient (Wildman–Crippen LogP) is 4.84. The normalized spacial score (nSPS) is 12.0. The SMILES string of the molecule is CCc1ccc(/C(C)=N\NC(=O)Cn2c3ccccc3c3nc4ccccc4nc32)cc1. The predicted molar refractivity (Wildman–Crippen MR) is 129 cm³/mol. The summed E-state index contributed by atoms with van der Waals surface area (Å²) in [6, 6.07) is 23.9. The Kier molecular flexibility index (Phi) is 5.11. The minimum absolute atomic E-state index is 0.0998. The van der Waals surface area contributed by atoms with Crippen LogP contribution >= 0.6 is 0 Å². The van der Waals surface area contributed by atoms with Gasteiger partial charge in [-0.15, -0.1) is 0 Å². The second kappa shape index (κ2) is 8.23. The van der Waals surface area contributed by atoms with E-state index in [1.54, 1.807) is 0 Å². The van der Waals surface area contributed by atoms with Crippen LogP contribution < -0.4 is 5.43 Å². The summed E-state index contributed by atoms with van der Waals surface area (Å²) in [6.45, 7) is 4.11. The lowest BCUT2D eigenvalue weighted by molar-refractivity contribution is -0.121. The first-order chi connectivity index (χ1) is 15.6. The van der Waals surface area contributed by atoms with Crippen molar-refractivity contribution in [1.82, 2.24) is 20.0 Å². The van der Waals surface area contributed by atoms with Crippen LogP contribution in [0.2, 0.25) is 0 Å². The molecule has 2 aromatic heterocycles. The van der Waals surface area contributed by atoms with E-state index in [4.69, 9.17) is 9.97 Å². The highest BCUT2D eigenvalue weighted by Gasteiger charge is 2.16. The fourth-order valence-electron chi connectivity index (χ4n) is 3.91. The molecule has 6 heteroatoms. The van der Waals surface area contributed by atoms with Crippen LogP contribution in [0.25, 0.3) is 33.1 Å². The third kappa shape index (κ3) is 3.60. The zero-order valence-corrected chi connectivity index (χ0v) is 18.0. The molecular weight excluding hydrogens is 398 g/mol. The molecule has 0 atom stereocenters. The molecule has 5 aromatic rings. The van der Waals surface area contributed by atoms with Crippen molar-refractivity contribution in [3.05, 3.63) is 83.9 Å². The van der Waals surface area contributed by atoms with E-state index in [0.717, 1.165) is 45.1 Å². The lowest BCUT2D eigenvalue weighted by Crippen LogP contribution is -2.24. The largest absolute Gasteiger partial charge is 0.314 e. The van der Waals surface area contributed by atoms with E-state index in [-0.39, 0.29) is 12.5 Å². The molecule has 1 amide bonds. The van der Waals surface area contributed by atoms with Crippen molar-refractivity contribution in [2.75, 3.05) is 0 Å². The van der Waals surface area contributed by atoms with Gasteiger partial charge in [-0.05, 0) is 42.7 Å². The first kappa shape index (κ1) is 19.9. The van der Waals surface area contributed by atoms with Gasteiger partial charge in [-0.3, -0.25) is 4.79 Å². The highest BCUT2D eigenvalue weighted by atomic mass is 16.2. The number of fused-ring (bicyclic) bond motifs is 4. The highest BCUT2D eigenvalue weighted by Crippen LogP contribution is 2.28. The number of nitrogens with one attached hydrogen (secondary N) is 1. The van der Waals surface area contributed by atoms with Crippen LogP contribution in [-0.2, 0) is 17.8 Å². The Morgan fingerprint density at radius 1 is 0.938 bits per heavy atom. The summed E-state index contributed by atoms with van der Waals surface area (Å²) in [5.41, 5.74) is 9.74. The molecule has 1 N–H and O–H groups in total. The Labute approximate surface area is 185 Å². The average Bonchev–Trinajstić information content (AvgIpc) is 3.13. The summed E-state index contributed by atoms with van der Waals surface area (Å²) in [6.07, 6.45) is 0.990. The second-order valence-electron chi connectivity index (χ2n) is 7.77. The molecule has 0 saturated carbocycles. The van der Waals surface area contributed by atoms with Crippen molar-refractivity contribution in [1.29, 1.82) is 0 Å². The molecule has 2 heterocycles. The van der Waals surface area contributed by atoms with E-state index in [2.05, 4.69) is 29.6 Å². The van der Waals surface area contributed by atoms with Crippen LogP contribution in [0.15, 0.2) is 77.9 Å². The molecule has 0 saturated heterocycles. The zero-order valence-electron chi connectivity index (χ0n) is 18.0. The molecule has 6 nitrogen and oxygen atoms in total. The fraction of sp³-hybridized carbons (Fsp3) is 0.154. The summed E-state index contributed by atoms with van der Waals surface area (Å²) in [4.78, 5) is 22.4. The number of nitrogens with zero attached hydrogens (tertiary/aromatic N) is 4. The van der Waals surface area contributed by atoms with Crippen LogP contribution in [0, 0.1) is 0 Å². The van der Waals surface area contributed by atoms with E-state index in [0.29, 0.717) is 5.65 Å². The Hall–Kier alpha value is -4.06. The van der Waals surface area contributed by atoms with E-state index in [9.17, 15) is 4.79 Å². The average molecular weight is 422 g/mol. The molecule has 0 aliphatic rings. The molecule has 3 aromatic carbocycles. The van der Waals surface area contributed by atoms with Gasteiger partial charge in [-0.25, -0.2) is 15.4 Å². The van der Waals surface area contributed by atoms with Crippen molar-refractivity contribution in [3.63, 3.8) is 0 Å². The van der Waals surface area contributed by atoms with Gasteiger partial charge in [-0.1, -0.05) is 61.5 Å². The van der Waals surface area contributed by atoms with Gasteiger partial charge in [0.2, 0.25) is 0 Å². The van der Waals surface area contributed by atoms with E-state index in [1.807, 2.05) is 72.2 Å². The molecule has 158 valence electrons. The number of hydrazone groups is 1. The molecule has 0 bridgehead atoms. The maximum atomic E-state index is 12.8. The first-order valence-electron chi connectivity index (χ1n) is 10.7. The third-order valence-corrected chi connectivity index (χ3v) is 5.69. The van der Waals surface area contributed by atoms with Crippen LogP contribution in [-0.4, -0.2) is 26.2 Å². The van der Waals surface area contributed by atoms with Crippen molar-refractivity contribution < 1.29 is 4.79 Å². The van der Waals surface area contributed by atoms with Crippen molar-refractivity contribution in [3.8, 4) is 0 Å². The Bertz CT molecular complexity index is 1480. The quantitative estimate of drug-likeness (QED) is 0.326. The van der Waals surface area contributed by atoms with Gasteiger partial charge in [0.15, 0.2) is 5.65 Å². The van der Waals surface area contributed by atoms with Crippen molar-refractivity contribution in [2.45, 2.75) is 26.8 Å². The van der Waals surface area contributed by atoms with Gasteiger partial charge in [-0.2, -0.15) is 5.10 Å². The van der Waals surface area contributed by atoms with Crippen LogP contribution in [0.5, 0.6) is 0 Å². The summed E-state index contributed by atoms with van der Waals surface area (Å²) in [7, 11) is 0. The summed E-state index contributed by atoms with van der Waals surface area (Å²) in [5.74, 6) is -0.216. The van der Waals surface area contributed by atoms with Gasteiger partial charge in [0.1, 0.15) is 12.1 Å². The molecule has 0 fully saturated rings. The number of hydrogen-bond donors (Lipinski definition) is 1. The Morgan fingerprint density at radius 2 is 1.62 bits per heavy atom. The minimum Gasteiger partial charge on any atom is -0.314 e. The summed E-state index contributed by atoms with van der Waals surface area (Å²) >= 11 is 0. The Morgan fingerprint density at radius 3 is 2.38 bits per heavy atom. The van der Waals surface area contributed by atoms with E-state index < -0.39 is 0 Å². The topological polar surface area (TPSA) is 72.2 Å². The number of amides is 1. The number of rotatable bonds is 5.